The van der Waals surface area contributed by atoms with Crippen LogP contribution in [0.15, 0.2) is 0 Å². The van der Waals surface area contributed by atoms with Crippen molar-refractivity contribution in [2.75, 3.05) is 85.4 Å². The fourth-order valence-electron chi connectivity index (χ4n) is 3.17. The Morgan fingerprint density at radius 2 is 1.15 bits per heavy atom. The normalized spacial score (nSPS) is 17.9. The van der Waals surface area contributed by atoms with Gasteiger partial charge in [-0.3, -0.25) is 4.79 Å². The van der Waals surface area contributed by atoms with Gasteiger partial charge in [-0.25, -0.2) is 4.79 Å². The second-order valence-corrected chi connectivity index (χ2v) is 8.87. The lowest BCUT2D eigenvalue weighted by Gasteiger charge is -2.27. The molecule has 10 nitrogen and oxygen atoms in total. The average Bonchev–Trinajstić information content (AvgIpc) is 2.85. The molecule has 34 heavy (non-hydrogen) atoms. The van der Waals surface area contributed by atoms with Crippen LogP contribution in [0.5, 0.6) is 0 Å². The summed E-state index contributed by atoms with van der Waals surface area (Å²) in [6, 6.07) is 0. The van der Waals surface area contributed by atoms with Crippen molar-refractivity contribution in [2.24, 2.45) is 0 Å². The molecule has 0 aliphatic heterocycles. The molecule has 0 saturated heterocycles. The van der Waals surface area contributed by atoms with Crippen LogP contribution in [-0.4, -0.2) is 109 Å². The molecule has 0 aromatic heterocycles. The van der Waals surface area contributed by atoms with Gasteiger partial charge in [-0.05, 0) is 31.9 Å². The van der Waals surface area contributed by atoms with E-state index in [0.29, 0.717) is 90.8 Å². The Labute approximate surface area is 208 Å². The van der Waals surface area contributed by atoms with Gasteiger partial charge in [-0.2, -0.15) is 11.8 Å². The molecule has 2 amide bonds. The van der Waals surface area contributed by atoms with E-state index >= 15 is 0 Å². The number of carbonyl (C=O) groups excluding carboxylic acids is 2. The average molecular weight is 509 g/mol. The SMILES string of the molecule is CCC(=O)NCCOCCOCCOCCOCCOCCNC(=O)OC1CCC(SC)CC1. The van der Waals surface area contributed by atoms with Crippen molar-refractivity contribution < 1.29 is 38.0 Å². The first-order valence-electron chi connectivity index (χ1n) is 12.3. The van der Waals surface area contributed by atoms with Crippen molar-refractivity contribution in [2.45, 2.75) is 50.4 Å². The predicted molar refractivity (Wildman–Crippen MR) is 131 cm³/mol. The summed E-state index contributed by atoms with van der Waals surface area (Å²) in [4.78, 5) is 22.8. The van der Waals surface area contributed by atoms with Crippen LogP contribution in [0.1, 0.15) is 39.0 Å². The lowest BCUT2D eigenvalue weighted by Crippen LogP contribution is -2.33. The molecular weight excluding hydrogens is 464 g/mol. The van der Waals surface area contributed by atoms with Crippen LogP contribution in [0.2, 0.25) is 0 Å². The van der Waals surface area contributed by atoms with Gasteiger partial charge in [-0.15, -0.1) is 0 Å². The highest BCUT2D eigenvalue weighted by Crippen LogP contribution is 2.28. The molecule has 0 bridgehead atoms. The second-order valence-electron chi connectivity index (χ2n) is 7.73. The molecule has 1 aliphatic rings. The van der Waals surface area contributed by atoms with Crippen molar-refractivity contribution >= 4 is 23.8 Å². The molecule has 0 aromatic rings. The number of amides is 2. The summed E-state index contributed by atoms with van der Waals surface area (Å²) in [5, 5.41) is 6.17. The first-order valence-corrected chi connectivity index (χ1v) is 13.6. The summed E-state index contributed by atoms with van der Waals surface area (Å²) >= 11 is 1.89. The maximum Gasteiger partial charge on any atom is 0.407 e. The molecule has 0 aromatic carbocycles. The van der Waals surface area contributed by atoms with Crippen molar-refractivity contribution in [3.63, 3.8) is 0 Å². The topological polar surface area (TPSA) is 114 Å². The molecule has 0 unspecified atom stereocenters. The Morgan fingerprint density at radius 3 is 1.59 bits per heavy atom. The number of rotatable bonds is 21. The number of ether oxygens (including phenoxy) is 6. The van der Waals surface area contributed by atoms with Crippen LogP contribution < -0.4 is 10.6 Å². The Balaban J connectivity index is 1.73. The van der Waals surface area contributed by atoms with Gasteiger partial charge in [0.05, 0.1) is 66.1 Å². The Morgan fingerprint density at radius 1 is 0.706 bits per heavy atom. The van der Waals surface area contributed by atoms with Crippen LogP contribution in [0.4, 0.5) is 4.79 Å². The number of nitrogens with one attached hydrogen (secondary N) is 2. The number of carbonyl (C=O) groups is 2. The van der Waals surface area contributed by atoms with Gasteiger partial charge in [0.1, 0.15) is 6.10 Å². The first-order chi connectivity index (χ1) is 16.7. The zero-order chi connectivity index (χ0) is 24.7. The van der Waals surface area contributed by atoms with Gasteiger partial charge >= 0.3 is 6.09 Å². The lowest BCUT2D eigenvalue weighted by molar-refractivity contribution is -0.121. The van der Waals surface area contributed by atoms with Gasteiger partial charge in [-0.1, -0.05) is 6.92 Å². The number of thioether (sulfide) groups is 1. The maximum atomic E-state index is 11.8. The molecule has 1 rings (SSSR count). The van der Waals surface area contributed by atoms with Crippen LogP contribution in [-0.2, 0) is 33.2 Å². The Kier molecular flexibility index (Phi) is 20.3. The van der Waals surface area contributed by atoms with E-state index in [9.17, 15) is 9.59 Å². The van der Waals surface area contributed by atoms with Gasteiger partial charge in [0, 0.05) is 24.8 Å². The zero-order valence-electron chi connectivity index (χ0n) is 20.8. The molecule has 0 spiro atoms. The fourth-order valence-corrected chi connectivity index (χ4v) is 3.92. The summed E-state index contributed by atoms with van der Waals surface area (Å²) in [5.74, 6) is 0.0267. The number of hydrogen-bond acceptors (Lipinski definition) is 9. The van der Waals surface area contributed by atoms with Gasteiger partial charge in [0.25, 0.3) is 0 Å². The van der Waals surface area contributed by atoms with Crippen molar-refractivity contribution in [1.82, 2.24) is 10.6 Å². The van der Waals surface area contributed by atoms with E-state index in [-0.39, 0.29) is 18.1 Å². The van der Waals surface area contributed by atoms with E-state index < -0.39 is 0 Å². The maximum absolute atomic E-state index is 11.8. The molecule has 1 saturated carbocycles. The predicted octanol–water partition coefficient (Wildman–Crippen LogP) is 2.00. The van der Waals surface area contributed by atoms with E-state index in [4.69, 9.17) is 28.4 Å². The molecule has 11 heteroatoms. The first kappa shape index (κ1) is 30.9. The third-order valence-electron chi connectivity index (χ3n) is 5.12. The number of hydrogen-bond donors (Lipinski definition) is 2. The largest absolute Gasteiger partial charge is 0.446 e. The summed E-state index contributed by atoms with van der Waals surface area (Å²) in [7, 11) is 0. The van der Waals surface area contributed by atoms with Crippen LogP contribution in [0.25, 0.3) is 0 Å². The van der Waals surface area contributed by atoms with Crippen molar-refractivity contribution in [3.05, 3.63) is 0 Å². The van der Waals surface area contributed by atoms with E-state index in [2.05, 4.69) is 16.9 Å². The number of alkyl carbamates (subject to hydrolysis) is 1. The molecule has 200 valence electrons. The zero-order valence-corrected chi connectivity index (χ0v) is 21.7. The van der Waals surface area contributed by atoms with Crippen molar-refractivity contribution in [3.8, 4) is 0 Å². The summed E-state index contributed by atoms with van der Waals surface area (Å²) in [5.41, 5.74) is 0. The Hall–Kier alpha value is -1.11. The smallest absolute Gasteiger partial charge is 0.407 e. The minimum absolute atomic E-state index is 0.0267. The highest BCUT2D eigenvalue weighted by Gasteiger charge is 2.23. The highest BCUT2D eigenvalue weighted by molar-refractivity contribution is 7.99. The van der Waals surface area contributed by atoms with E-state index in [1.165, 1.54) is 0 Å². The molecule has 0 heterocycles. The molecule has 2 N–H and O–H groups in total. The molecule has 1 aliphatic carbocycles. The minimum atomic E-state index is -0.362. The van der Waals surface area contributed by atoms with Crippen LogP contribution in [0, 0.1) is 0 Å². The fraction of sp³-hybridized carbons (Fsp3) is 0.913. The highest BCUT2D eigenvalue weighted by atomic mass is 32.2. The van der Waals surface area contributed by atoms with Gasteiger partial charge < -0.3 is 39.1 Å². The third-order valence-corrected chi connectivity index (χ3v) is 6.26. The molecule has 1 fully saturated rings. The standard InChI is InChI=1S/C23H44N2O8S/c1-3-22(26)24-8-10-28-12-14-30-16-18-32-19-17-31-15-13-29-11-9-25-23(27)33-20-4-6-21(34-2)7-5-20/h20-21H,3-19H2,1-2H3,(H,24,26)(H,25,27). The monoisotopic (exact) mass is 508 g/mol. The third kappa shape index (κ3) is 18.2. The molecular formula is C23H44N2O8S. The van der Waals surface area contributed by atoms with E-state index in [1.54, 1.807) is 0 Å². The van der Waals surface area contributed by atoms with Crippen molar-refractivity contribution in [1.29, 1.82) is 0 Å². The van der Waals surface area contributed by atoms with Gasteiger partial charge in [0.2, 0.25) is 5.91 Å². The van der Waals surface area contributed by atoms with Crippen LogP contribution >= 0.6 is 11.8 Å². The molecule has 0 radical (unpaired) electrons. The quantitative estimate of drug-likeness (QED) is 0.225. The second kappa shape index (κ2) is 22.4. The lowest BCUT2D eigenvalue weighted by atomic mass is 9.97. The minimum Gasteiger partial charge on any atom is -0.446 e. The van der Waals surface area contributed by atoms with E-state index in [0.717, 1.165) is 25.7 Å². The van der Waals surface area contributed by atoms with Crippen LogP contribution in [0.3, 0.4) is 0 Å². The summed E-state index contributed by atoms with van der Waals surface area (Å²) in [6.07, 6.45) is 6.41. The van der Waals surface area contributed by atoms with E-state index in [1.807, 2.05) is 18.7 Å². The Bertz CT molecular complexity index is 507. The summed E-state index contributed by atoms with van der Waals surface area (Å²) < 4.78 is 32.5. The van der Waals surface area contributed by atoms with Gasteiger partial charge in [0.15, 0.2) is 0 Å². The summed E-state index contributed by atoms with van der Waals surface area (Å²) in [6.45, 7) is 7.52. The molecule has 0 atom stereocenters.